The summed E-state index contributed by atoms with van der Waals surface area (Å²) in [5.41, 5.74) is 11.8. The van der Waals surface area contributed by atoms with Crippen LogP contribution in [0.2, 0.25) is 0 Å². The van der Waals surface area contributed by atoms with E-state index < -0.39 is 0 Å². The number of aromatic amines is 1. The Morgan fingerprint density at radius 1 is 1.02 bits per heavy atom. The van der Waals surface area contributed by atoms with Gasteiger partial charge in [0.25, 0.3) is 0 Å². The third-order valence-electron chi connectivity index (χ3n) is 9.24. The number of methoxy groups -OCH3 is 1. The van der Waals surface area contributed by atoms with Crippen molar-refractivity contribution < 1.29 is 14.3 Å². The second-order valence-electron chi connectivity index (χ2n) is 11.8. The average molecular weight is 610 g/mol. The van der Waals surface area contributed by atoms with Gasteiger partial charge in [-0.3, -0.25) is 4.90 Å². The summed E-state index contributed by atoms with van der Waals surface area (Å²) in [5.74, 6) is 2.14. The molecule has 0 unspecified atom stereocenters. The number of H-pyrrole nitrogens is 1. The lowest BCUT2D eigenvalue weighted by molar-refractivity contribution is 0.0540. The topological polar surface area (TPSA) is 140 Å². The van der Waals surface area contributed by atoms with Crippen LogP contribution in [0.5, 0.6) is 5.75 Å². The molecule has 1 aliphatic heterocycles. The summed E-state index contributed by atoms with van der Waals surface area (Å²) in [7, 11) is 1.69. The van der Waals surface area contributed by atoms with Crippen LogP contribution in [0.15, 0.2) is 48.8 Å². The van der Waals surface area contributed by atoms with Crippen molar-refractivity contribution in [3.63, 3.8) is 0 Å². The molecule has 5 aromatic rings. The lowest BCUT2D eigenvalue weighted by Gasteiger charge is -2.41. The third kappa shape index (κ3) is 5.66. The fraction of sp³-hybridized carbons (Fsp3) is 0.424. The minimum atomic E-state index is -0.205. The average Bonchev–Trinajstić information content (AvgIpc) is 3.67. The van der Waals surface area contributed by atoms with Gasteiger partial charge in [-0.05, 0) is 50.8 Å². The zero-order valence-electron chi connectivity index (χ0n) is 25.8. The number of nitrogens with one attached hydrogen (secondary N) is 1. The third-order valence-corrected chi connectivity index (χ3v) is 9.24. The fourth-order valence-electron chi connectivity index (χ4n) is 6.93. The minimum Gasteiger partial charge on any atom is -0.496 e. The van der Waals surface area contributed by atoms with Gasteiger partial charge >= 0.3 is 6.09 Å². The van der Waals surface area contributed by atoms with Gasteiger partial charge in [0.05, 0.1) is 36.2 Å². The van der Waals surface area contributed by atoms with Gasteiger partial charge in [0, 0.05) is 49.8 Å². The first-order valence-electron chi connectivity index (χ1n) is 15.8. The van der Waals surface area contributed by atoms with Gasteiger partial charge in [-0.1, -0.05) is 24.3 Å². The molecule has 0 spiro atoms. The van der Waals surface area contributed by atoms with Crippen LogP contribution in [-0.2, 0) is 11.2 Å². The number of amides is 1. The van der Waals surface area contributed by atoms with Crippen LogP contribution in [0.1, 0.15) is 50.0 Å². The Morgan fingerprint density at radius 2 is 1.80 bits per heavy atom. The quantitative estimate of drug-likeness (QED) is 0.266. The number of nitrogens with two attached hydrogens (primary N) is 1. The number of anilines is 1. The molecule has 3 aromatic heterocycles. The summed E-state index contributed by atoms with van der Waals surface area (Å²) in [6, 6.07) is 14.9. The van der Waals surface area contributed by atoms with Crippen LogP contribution < -0.4 is 10.5 Å². The number of piperazine rings is 1. The molecule has 45 heavy (non-hydrogen) atoms. The second-order valence-corrected chi connectivity index (χ2v) is 11.8. The largest absolute Gasteiger partial charge is 0.496 e. The number of benzene rings is 2. The molecule has 1 aliphatic carbocycles. The minimum absolute atomic E-state index is 0.205. The standard InChI is InChI=1S/C33H39N9O3/c1-3-45-33(43)41-16-14-40(15-17-41)23-9-11-24(12-10-23)42-32-29(31(34)35-20-36-32)30(39-42)22-8-13-25-26(18-22)38-28(37-25)19-21-6-4-5-7-27(21)44-2/h4-8,13,18,20,23-24H,3,9-12,14-17,19H2,1-2H3,(H,37,38)(H2,34,35,36)/t23-,24+. The van der Waals surface area contributed by atoms with E-state index in [1.807, 2.05) is 42.2 Å². The Bertz CT molecular complexity index is 1820. The highest BCUT2D eigenvalue weighted by Crippen LogP contribution is 2.37. The fourth-order valence-corrected chi connectivity index (χ4v) is 6.93. The van der Waals surface area contributed by atoms with Gasteiger partial charge in [-0.25, -0.2) is 24.4 Å². The first-order chi connectivity index (χ1) is 22.0. The van der Waals surface area contributed by atoms with Gasteiger partial charge < -0.3 is 25.1 Å². The number of carbonyl (C=O) groups is 1. The molecular weight excluding hydrogens is 570 g/mol. The number of ether oxygens (including phenoxy) is 2. The van der Waals surface area contributed by atoms with E-state index in [0.717, 1.165) is 89.2 Å². The SMILES string of the molecule is CCOC(=O)N1CCN([C@H]2CC[C@@H](n3nc(-c4ccc5nc(Cc6ccccc6OC)[nH]c5c4)c4c(N)ncnc43)CC2)CC1. The number of hydrogen-bond acceptors (Lipinski definition) is 9. The lowest BCUT2D eigenvalue weighted by atomic mass is 9.90. The van der Waals surface area contributed by atoms with Crippen molar-refractivity contribution in [3.8, 4) is 17.0 Å². The molecule has 7 rings (SSSR count). The molecule has 0 atom stereocenters. The van der Waals surface area contributed by atoms with Gasteiger partial charge in [-0.15, -0.1) is 0 Å². The number of hydrogen-bond donors (Lipinski definition) is 2. The molecule has 1 saturated heterocycles. The first-order valence-corrected chi connectivity index (χ1v) is 15.8. The zero-order valence-corrected chi connectivity index (χ0v) is 25.8. The monoisotopic (exact) mass is 609 g/mol. The molecule has 1 saturated carbocycles. The Hall–Kier alpha value is -4.71. The van der Waals surface area contributed by atoms with Crippen molar-refractivity contribution >= 4 is 34.0 Å². The predicted octanol–water partition coefficient (Wildman–Crippen LogP) is 4.81. The Kier molecular flexibility index (Phi) is 7.97. The van der Waals surface area contributed by atoms with Gasteiger partial charge in [-0.2, -0.15) is 5.10 Å². The molecule has 4 heterocycles. The summed E-state index contributed by atoms with van der Waals surface area (Å²) >= 11 is 0. The molecule has 2 fully saturated rings. The van der Waals surface area contributed by atoms with E-state index in [4.69, 9.17) is 25.3 Å². The van der Waals surface area contributed by atoms with Crippen LogP contribution in [0.3, 0.4) is 0 Å². The number of carbonyl (C=O) groups excluding carboxylic acids is 1. The van der Waals surface area contributed by atoms with Crippen LogP contribution in [0.4, 0.5) is 10.6 Å². The van der Waals surface area contributed by atoms with E-state index in [1.165, 1.54) is 6.33 Å². The van der Waals surface area contributed by atoms with Crippen molar-refractivity contribution in [1.29, 1.82) is 0 Å². The molecular formula is C33H39N9O3. The molecule has 3 N–H and O–H groups in total. The van der Waals surface area contributed by atoms with Crippen molar-refractivity contribution in [2.75, 3.05) is 45.6 Å². The van der Waals surface area contributed by atoms with E-state index in [9.17, 15) is 4.79 Å². The molecule has 0 radical (unpaired) electrons. The van der Waals surface area contributed by atoms with Crippen LogP contribution in [0.25, 0.3) is 33.3 Å². The Balaban J connectivity index is 1.10. The summed E-state index contributed by atoms with van der Waals surface area (Å²) in [6.45, 7) is 5.44. The maximum absolute atomic E-state index is 12.1. The molecule has 12 nitrogen and oxygen atoms in total. The highest BCUT2D eigenvalue weighted by Gasteiger charge is 2.32. The second kappa shape index (κ2) is 12.4. The molecule has 2 aromatic carbocycles. The Labute approximate surface area is 261 Å². The number of fused-ring (bicyclic) bond motifs is 2. The van der Waals surface area contributed by atoms with E-state index in [0.29, 0.717) is 38.0 Å². The van der Waals surface area contributed by atoms with E-state index in [1.54, 1.807) is 7.11 Å². The number of para-hydroxylation sites is 1. The van der Waals surface area contributed by atoms with Gasteiger partial charge in [0.1, 0.15) is 29.4 Å². The van der Waals surface area contributed by atoms with E-state index in [-0.39, 0.29) is 12.1 Å². The maximum Gasteiger partial charge on any atom is 0.409 e. The van der Waals surface area contributed by atoms with Crippen LogP contribution in [0, 0.1) is 0 Å². The number of nitrogen functional groups attached to an aromatic ring is 1. The highest BCUT2D eigenvalue weighted by atomic mass is 16.6. The molecule has 12 heteroatoms. The maximum atomic E-state index is 12.1. The normalized spacial score (nSPS) is 19.3. The van der Waals surface area contributed by atoms with Crippen LogP contribution >= 0.6 is 0 Å². The van der Waals surface area contributed by atoms with Crippen molar-refractivity contribution in [3.05, 3.63) is 60.2 Å². The lowest BCUT2D eigenvalue weighted by Crippen LogP contribution is -2.52. The van der Waals surface area contributed by atoms with Crippen molar-refractivity contribution in [2.45, 2.75) is 51.1 Å². The number of imidazole rings is 1. The van der Waals surface area contributed by atoms with Crippen LogP contribution in [-0.4, -0.2) is 91.5 Å². The first kappa shape index (κ1) is 29.0. The summed E-state index contributed by atoms with van der Waals surface area (Å²) in [4.78, 5) is 33.8. The van der Waals surface area contributed by atoms with Crippen molar-refractivity contribution in [1.82, 2.24) is 39.5 Å². The van der Waals surface area contributed by atoms with E-state index >= 15 is 0 Å². The van der Waals surface area contributed by atoms with E-state index in [2.05, 4.69) is 36.7 Å². The smallest absolute Gasteiger partial charge is 0.409 e. The Morgan fingerprint density at radius 3 is 2.58 bits per heavy atom. The molecule has 2 aliphatic rings. The molecule has 1 amide bonds. The summed E-state index contributed by atoms with van der Waals surface area (Å²) < 4.78 is 12.8. The number of nitrogens with zero attached hydrogens (tertiary/aromatic N) is 7. The highest BCUT2D eigenvalue weighted by molar-refractivity contribution is 5.99. The van der Waals surface area contributed by atoms with Crippen molar-refractivity contribution in [2.24, 2.45) is 0 Å². The van der Waals surface area contributed by atoms with Gasteiger partial charge in [0.2, 0.25) is 0 Å². The zero-order chi connectivity index (χ0) is 30.9. The van der Waals surface area contributed by atoms with Gasteiger partial charge in [0.15, 0.2) is 5.65 Å². The molecule has 0 bridgehead atoms. The number of rotatable bonds is 7. The molecule has 234 valence electrons. The summed E-state index contributed by atoms with van der Waals surface area (Å²) in [5, 5.41) is 5.92. The summed E-state index contributed by atoms with van der Waals surface area (Å²) in [6.07, 6.45) is 6.08. The number of aromatic nitrogens is 6. The predicted molar refractivity (Wildman–Crippen MR) is 172 cm³/mol.